The van der Waals surface area contributed by atoms with Gasteiger partial charge in [-0.2, -0.15) is 0 Å². The SMILES string of the molecule is CN[C@H](CC(C)O)C(=O)N[C@H]1C(=O)N[C@@H](CC(N)=O)C(=O)N[C@H]2C(=O)N[C@H]3C(=O)N[C@H](C(=O)N[C@H](C(=O)OCC(=O)NCCN)c4cc(O)cc(O)c4-c4cc3ccc4O)[C@H](O[C@H]3C[C@](C)(N)[C@@H](O)[C@H](C)O3)c3ccc(c(Cl)c3)Oc3cc2cc(c3O[C@@H]2O[C@H](CO)[C@@H](O)[C@H](O)[C@H]2O[C@H]2C[C@](C)(NCc3ccc(-c4ccc(Cl)cc4)cc3)[C@@H](O)[C@H](C)O2)Oc2ccc(cc2Cl)[C@H]1O. The second kappa shape index (κ2) is 41.5. The van der Waals surface area contributed by atoms with Crippen molar-refractivity contribution in [1.29, 1.82) is 0 Å². The lowest BCUT2D eigenvalue weighted by Gasteiger charge is -2.48. The fourth-order valence-electron chi connectivity index (χ4n) is 16.5. The number of phenols is 3. The van der Waals surface area contributed by atoms with Crippen LogP contribution in [0, 0.1) is 0 Å². The summed E-state index contributed by atoms with van der Waals surface area (Å²) in [5, 5.41) is 141. The number of nitrogens with two attached hydrogens (primary N) is 3. The average molecular weight is 1900 g/mol. The van der Waals surface area contributed by atoms with E-state index in [1.165, 1.54) is 46.0 Å². The molecule has 0 aromatic heterocycles. The number of fused-ring (bicyclic) bond motifs is 15. The van der Waals surface area contributed by atoms with Crippen molar-refractivity contribution in [3.63, 3.8) is 0 Å². The van der Waals surface area contributed by atoms with Gasteiger partial charge in [0.25, 0.3) is 5.91 Å². The molecule has 132 heavy (non-hydrogen) atoms. The molecule has 8 amide bonds. The molecular formula is C89H103Cl3N12O28. The Bertz CT molecular complexity index is 5480. The Morgan fingerprint density at radius 2 is 1.26 bits per heavy atom. The number of amides is 8. The number of esters is 1. The average Bonchev–Trinajstić information content (AvgIpc) is 0.747. The number of carbonyl (C=O) groups is 9. The Labute approximate surface area is 769 Å². The number of hydrogen-bond acceptors (Lipinski definition) is 32. The third-order valence-corrected chi connectivity index (χ3v) is 24.4. The van der Waals surface area contributed by atoms with Gasteiger partial charge in [0, 0.05) is 71.3 Å². The highest BCUT2D eigenvalue weighted by Crippen LogP contribution is 2.51. The third kappa shape index (κ3) is 22.2. The van der Waals surface area contributed by atoms with Crippen LogP contribution in [-0.2, 0) is 78.1 Å². The van der Waals surface area contributed by atoms with Crippen LogP contribution in [0.2, 0.25) is 15.1 Å². The smallest absolute Gasteiger partial charge is 0.333 e. The van der Waals surface area contributed by atoms with Crippen LogP contribution >= 0.6 is 34.8 Å². The summed E-state index contributed by atoms with van der Waals surface area (Å²) < 4.78 is 58.6. The van der Waals surface area contributed by atoms with E-state index in [9.17, 15) is 70.2 Å². The van der Waals surface area contributed by atoms with Crippen molar-refractivity contribution in [1.82, 2.24) is 47.9 Å². The van der Waals surface area contributed by atoms with Crippen LogP contribution in [0.3, 0.4) is 0 Å². The summed E-state index contributed by atoms with van der Waals surface area (Å²) >= 11 is 20.9. The van der Waals surface area contributed by atoms with Gasteiger partial charge in [0.15, 0.2) is 42.8 Å². The van der Waals surface area contributed by atoms with Gasteiger partial charge in [-0.15, -0.1) is 0 Å². The van der Waals surface area contributed by atoms with E-state index in [1.807, 2.05) is 36.4 Å². The second-order valence-corrected chi connectivity index (χ2v) is 34.8. The van der Waals surface area contributed by atoms with E-state index in [-0.39, 0.29) is 50.0 Å². The van der Waals surface area contributed by atoms with E-state index in [0.717, 1.165) is 77.4 Å². The van der Waals surface area contributed by atoms with E-state index in [0.29, 0.717) is 5.02 Å². The molecule has 708 valence electrons. The number of ether oxygens (including phenoxy) is 9. The molecule has 40 nitrogen and oxygen atoms in total. The highest BCUT2D eigenvalue weighted by molar-refractivity contribution is 6.32. The predicted octanol–water partition coefficient (Wildman–Crippen LogP) is 1.75. The van der Waals surface area contributed by atoms with E-state index in [2.05, 4.69) is 47.9 Å². The number of aliphatic hydroxyl groups excluding tert-OH is 7. The zero-order chi connectivity index (χ0) is 95.4. The number of likely N-dealkylation sites (N-methyl/N-ethyl adjacent to an activating group) is 1. The first-order chi connectivity index (χ1) is 62.6. The first-order valence-electron chi connectivity index (χ1n) is 42.1. The summed E-state index contributed by atoms with van der Waals surface area (Å²) in [7, 11) is 1.36. The van der Waals surface area contributed by atoms with Gasteiger partial charge in [-0.25, -0.2) is 4.79 Å². The molecule has 8 aliphatic heterocycles. The van der Waals surface area contributed by atoms with E-state index in [1.54, 1.807) is 26.0 Å². The molecule has 7 aromatic carbocycles. The van der Waals surface area contributed by atoms with Crippen LogP contribution in [0.15, 0.2) is 127 Å². The number of benzene rings is 7. The Morgan fingerprint density at radius 3 is 1.88 bits per heavy atom. The molecule has 23 atom stereocenters. The predicted molar refractivity (Wildman–Crippen MR) is 467 cm³/mol. The van der Waals surface area contributed by atoms with Crippen LogP contribution in [0.25, 0.3) is 22.3 Å². The fourth-order valence-corrected chi connectivity index (χ4v) is 17.1. The molecule has 43 heteroatoms. The van der Waals surface area contributed by atoms with Gasteiger partial charge in [-0.05, 0) is 154 Å². The zero-order valence-electron chi connectivity index (χ0n) is 71.8. The van der Waals surface area contributed by atoms with Gasteiger partial charge in [0.1, 0.15) is 89.5 Å². The highest BCUT2D eigenvalue weighted by atomic mass is 35.5. The van der Waals surface area contributed by atoms with Gasteiger partial charge < -0.3 is 159 Å². The maximum Gasteiger partial charge on any atom is 0.333 e. The summed E-state index contributed by atoms with van der Waals surface area (Å²) in [6, 6.07) is 13.7. The lowest BCUT2D eigenvalue weighted by Crippen LogP contribution is -2.65. The molecule has 1 unspecified atom stereocenters. The molecule has 7 aromatic rings. The number of rotatable bonds is 23. The summed E-state index contributed by atoms with van der Waals surface area (Å²) in [5.74, 6) is -17.2. The second-order valence-electron chi connectivity index (χ2n) is 33.6. The molecule has 0 saturated carbocycles. The minimum Gasteiger partial charge on any atom is -0.508 e. The van der Waals surface area contributed by atoms with Crippen molar-refractivity contribution in [2.45, 2.75) is 206 Å². The van der Waals surface area contributed by atoms with E-state index >= 15 is 24.0 Å². The molecule has 15 rings (SSSR count). The Balaban J connectivity index is 1.02. The summed E-state index contributed by atoms with van der Waals surface area (Å²) in [5.41, 5.74) is 15.0. The van der Waals surface area contributed by atoms with Crippen LogP contribution < -0.4 is 79.3 Å². The van der Waals surface area contributed by atoms with E-state index < -0.39 is 296 Å². The number of phenolic OH excluding ortho intramolecular Hbond substituents is 3. The van der Waals surface area contributed by atoms with Crippen LogP contribution in [0.5, 0.6) is 46.0 Å². The number of aromatic hydroxyl groups is 3. The molecule has 0 radical (unpaired) electrons. The van der Waals surface area contributed by atoms with Gasteiger partial charge >= 0.3 is 5.97 Å². The Hall–Kier alpha value is -11.2. The van der Waals surface area contributed by atoms with Crippen LogP contribution in [-0.4, -0.2) is 247 Å². The first-order valence-corrected chi connectivity index (χ1v) is 43.2. The summed E-state index contributed by atoms with van der Waals surface area (Å²) in [4.78, 5) is 136. The van der Waals surface area contributed by atoms with Crippen molar-refractivity contribution < 1.29 is 137 Å². The monoisotopic (exact) mass is 1890 g/mol. The summed E-state index contributed by atoms with van der Waals surface area (Å²) in [6.45, 7) is 5.54. The van der Waals surface area contributed by atoms with Gasteiger partial charge in [0.2, 0.25) is 53.4 Å². The topological polar surface area (TPSA) is 625 Å². The molecule has 11 bridgehead atoms. The normalized spacial score (nSPS) is 28.9. The number of hydrogen-bond donors (Lipinski definition) is 22. The number of primary amides is 1. The molecule has 0 aliphatic carbocycles. The van der Waals surface area contributed by atoms with Crippen molar-refractivity contribution in [3.8, 4) is 68.2 Å². The first kappa shape index (κ1) is 98.3. The van der Waals surface area contributed by atoms with Crippen molar-refractivity contribution >= 4 is 88.0 Å². The standard InChI is InChI=1S/C89H103Cl3N12O28/c1-37(106)23-53(96-6)80(117)103-70-72(112)44-14-19-57(51(91)25-44)127-59-27-46-28-60(76(59)132-87-77(74(114)73(113)61(35-105)129-87)131-65-33-89(5,79(116)39(3)126-65)98-34-40-7-9-41(10-8-40)42-11-16-47(90)17-12-42)128-58-20-15-45(26-52(58)92)75(130-64-32-88(4,95)78(115)38(2)125-64)71-85(122)102-69(86(123)124-36-63(111)97-22-21-93)50-29-48(107)30-56(109)66(50)49-24-43(13-18-55(49)108)67(82(119)104-71)101-83(120)68(46)100-81(118)54(31-62(94)110)99-84(70)121/h7-20,24-30,37-39,53-54,61,64-65,67-75,77-79,87,96,98,105-109,112-116H,21-23,31-36,93,95H2,1-6H3,(H2,94,110)(H,97,111)(H,99,121)(H,100,118)(H,101,120)(H,102,122)(H,103,117)(H,104,119)/t37?,38-,39-,53+,54-,61+,64-,65-,67+,68+,69-,70+,71-,72+,73+,74-,75+,77+,78-,79-,87-,88-,89-/m0/s1. The van der Waals surface area contributed by atoms with Gasteiger partial charge in [0.05, 0.1) is 59.6 Å². The van der Waals surface area contributed by atoms with Crippen molar-refractivity contribution in [3.05, 3.63) is 176 Å². The number of aliphatic hydroxyl groups is 7. The number of halogens is 3. The molecule has 25 N–H and O–H groups in total. The highest BCUT2D eigenvalue weighted by Gasteiger charge is 2.53. The lowest BCUT2D eigenvalue weighted by atomic mass is 9.84. The zero-order valence-corrected chi connectivity index (χ0v) is 74.1. The molecule has 8 aliphatic rings. The number of carbonyl (C=O) groups excluding carboxylic acids is 9. The van der Waals surface area contributed by atoms with Gasteiger partial charge in [-0.3, -0.25) is 38.4 Å². The lowest BCUT2D eigenvalue weighted by molar-refractivity contribution is -0.334. The molecule has 3 fully saturated rings. The van der Waals surface area contributed by atoms with Gasteiger partial charge in [-0.1, -0.05) is 89.4 Å². The minimum absolute atomic E-state index is 0.0489. The molecular weight excluding hydrogens is 1790 g/mol. The molecule has 0 spiro atoms. The molecule has 8 heterocycles. The molecule has 3 saturated heterocycles. The number of nitrogens with one attached hydrogen (secondary N) is 9. The van der Waals surface area contributed by atoms with Crippen molar-refractivity contribution in [2.24, 2.45) is 17.2 Å². The van der Waals surface area contributed by atoms with Crippen LogP contribution in [0.4, 0.5) is 0 Å². The summed E-state index contributed by atoms with van der Waals surface area (Å²) in [6.07, 6.45) is -25.1. The Morgan fingerprint density at radius 1 is 0.652 bits per heavy atom. The fraction of sp³-hybridized carbons (Fsp3) is 0.427. The minimum atomic E-state index is -2.45. The largest absolute Gasteiger partial charge is 0.508 e. The van der Waals surface area contributed by atoms with E-state index in [4.69, 9.17) is 94.6 Å². The van der Waals surface area contributed by atoms with Crippen LogP contribution in [0.1, 0.15) is 124 Å². The third-order valence-electron chi connectivity index (χ3n) is 23.6. The Kier molecular flexibility index (Phi) is 30.9. The van der Waals surface area contributed by atoms with Crippen molar-refractivity contribution in [2.75, 3.05) is 33.4 Å². The maximum atomic E-state index is 16.7. The quantitative estimate of drug-likeness (QED) is 0.0406. The maximum absolute atomic E-state index is 16.7.